The number of carbonyl (C=O) groups is 1. The van der Waals surface area contributed by atoms with Crippen LogP contribution in [-0.2, 0) is 14.8 Å². The Labute approximate surface area is 213 Å². The van der Waals surface area contributed by atoms with Gasteiger partial charge in [0, 0.05) is 51.2 Å². The lowest BCUT2D eigenvalue weighted by Gasteiger charge is -2.34. The first-order valence-electron chi connectivity index (χ1n) is 11.0. The number of aromatic amines is 1. The molecule has 0 radical (unpaired) electrons. The van der Waals surface area contributed by atoms with Crippen LogP contribution in [-0.4, -0.2) is 68.4 Å². The van der Waals surface area contributed by atoms with Crippen molar-refractivity contribution in [1.82, 2.24) is 14.8 Å². The van der Waals surface area contributed by atoms with Crippen LogP contribution in [0, 0.1) is 5.82 Å². The lowest BCUT2D eigenvalue weighted by Crippen LogP contribution is -2.48. The number of aromatic nitrogens is 1. The van der Waals surface area contributed by atoms with Gasteiger partial charge in [-0.05, 0) is 30.7 Å². The van der Waals surface area contributed by atoms with E-state index in [0.29, 0.717) is 40.5 Å². The number of fused-ring (bicyclic) bond motifs is 1. The summed E-state index contributed by atoms with van der Waals surface area (Å²) in [5.74, 6) is -1.03. The van der Waals surface area contributed by atoms with E-state index in [4.69, 9.17) is 27.9 Å². The quantitative estimate of drug-likeness (QED) is 0.412. The van der Waals surface area contributed by atoms with Gasteiger partial charge in [-0.25, -0.2) is 12.8 Å². The van der Waals surface area contributed by atoms with Crippen molar-refractivity contribution in [2.75, 3.05) is 44.1 Å². The minimum atomic E-state index is -4.27. The lowest BCUT2D eigenvalue weighted by atomic mass is 10.2. The summed E-state index contributed by atoms with van der Waals surface area (Å²) in [4.78, 5) is 17.8. The third kappa shape index (κ3) is 5.66. The molecule has 188 valence electrons. The molecule has 2 heterocycles. The first kappa shape index (κ1) is 25.6. The molecule has 1 aliphatic heterocycles. The zero-order valence-electron chi connectivity index (χ0n) is 19.0. The average Bonchev–Trinajstić information content (AvgIpc) is 3.22. The van der Waals surface area contributed by atoms with E-state index in [-0.39, 0.29) is 24.0 Å². The first-order chi connectivity index (χ1) is 16.7. The van der Waals surface area contributed by atoms with Crippen LogP contribution in [0.2, 0.25) is 10.0 Å². The van der Waals surface area contributed by atoms with Gasteiger partial charge in [-0.1, -0.05) is 29.3 Å². The maximum Gasteiger partial charge on any atom is 0.265 e. The monoisotopic (exact) mass is 542 g/mol. The molecule has 0 atom stereocenters. The molecule has 0 unspecified atom stereocenters. The van der Waals surface area contributed by atoms with E-state index in [1.165, 1.54) is 36.5 Å². The molecule has 3 aromatic rings. The topological polar surface area (TPSA) is 94.7 Å². The van der Waals surface area contributed by atoms with Gasteiger partial charge in [0.15, 0.2) is 11.6 Å². The van der Waals surface area contributed by atoms with Crippen LogP contribution in [0.15, 0.2) is 41.4 Å². The number of rotatable bonds is 8. The number of carbonyl (C=O) groups excluding carboxylic acids is 1. The predicted octanol–water partition coefficient (Wildman–Crippen LogP) is 4.35. The summed E-state index contributed by atoms with van der Waals surface area (Å²) < 4.78 is 49.1. The molecule has 4 rings (SSSR count). The summed E-state index contributed by atoms with van der Waals surface area (Å²) >= 11 is 12.3. The highest BCUT2D eigenvalue weighted by atomic mass is 35.5. The Morgan fingerprint density at radius 3 is 2.60 bits per heavy atom. The molecule has 1 aliphatic rings. The van der Waals surface area contributed by atoms with Crippen LogP contribution in [0.4, 0.5) is 10.1 Å². The predicted molar refractivity (Wildman–Crippen MR) is 134 cm³/mol. The molecule has 0 aliphatic carbocycles. The van der Waals surface area contributed by atoms with Gasteiger partial charge in [-0.15, -0.1) is 0 Å². The number of sulfonamides is 1. The van der Waals surface area contributed by atoms with Gasteiger partial charge in [0.25, 0.3) is 10.0 Å². The molecule has 8 nitrogen and oxygen atoms in total. The standard InChI is InChI=1S/C23H25Cl2FN4O4S/c1-15(31)30-11-9-29(10-12-30)8-3-13-34-19-4-2-5-20(22(19)26)35(32,33)28-18-7-6-16(24)21-17(25)14-27-23(18)21/h2,4-7,14,27-28H,3,8-13H2,1H3. The van der Waals surface area contributed by atoms with Gasteiger partial charge in [0.2, 0.25) is 5.91 Å². The number of anilines is 1. The number of nitrogens with one attached hydrogen (secondary N) is 2. The summed E-state index contributed by atoms with van der Waals surface area (Å²) in [6.07, 6.45) is 2.12. The summed E-state index contributed by atoms with van der Waals surface area (Å²) in [5, 5.41) is 1.17. The number of hydrogen-bond acceptors (Lipinski definition) is 5. The average molecular weight is 543 g/mol. The van der Waals surface area contributed by atoms with E-state index >= 15 is 4.39 Å². The molecular weight excluding hydrogens is 518 g/mol. The number of piperazine rings is 1. The zero-order chi connectivity index (χ0) is 25.2. The molecule has 0 saturated carbocycles. The summed E-state index contributed by atoms with van der Waals surface area (Å²) in [7, 11) is -4.27. The van der Waals surface area contributed by atoms with E-state index < -0.39 is 20.7 Å². The molecular formula is C23H25Cl2FN4O4S. The van der Waals surface area contributed by atoms with Crippen LogP contribution >= 0.6 is 23.2 Å². The van der Waals surface area contributed by atoms with Gasteiger partial charge < -0.3 is 14.6 Å². The van der Waals surface area contributed by atoms with Crippen LogP contribution in [0.3, 0.4) is 0 Å². The second-order valence-electron chi connectivity index (χ2n) is 8.21. The van der Waals surface area contributed by atoms with Gasteiger partial charge in [0.1, 0.15) is 4.90 Å². The Kier molecular flexibility index (Phi) is 7.75. The fourth-order valence-electron chi connectivity index (χ4n) is 4.02. The molecule has 0 spiro atoms. The van der Waals surface area contributed by atoms with Crippen LogP contribution < -0.4 is 9.46 Å². The highest BCUT2D eigenvalue weighted by molar-refractivity contribution is 7.92. The number of ether oxygens (including phenoxy) is 1. The zero-order valence-corrected chi connectivity index (χ0v) is 21.3. The Hall–Kier alpha value is -2.53. The van der Waals surface area contributed by atoms with Crippen LogP contribution in [0.1, 0.15) is 13.3 Å². The Balaban J connectivity index is 1.40. The first-order valence-corrected chi connectivity index (χ1v) is 13.3. The van der Waals surface area contributed by atoms with Crippen molar-refractivity contribution in [3.8, 4) is 5.75 Å². The Bertz CT molecular complexity index is 1340. The largest absolute Gasteiger partial charge is 0.490 e. The molecule has 35 heavy (non-hydrogen) atoms. The second-order valence-corrected chi connectivity index (χ2v) is 10.7. The minimum Gasteiger partial charge on any atom is -0.490 e. The van der Waals surface area contributed by atoms with Crippen molar-refractivity contribution in [2.45, 2.75) is 18.2 Å². The number of nitrogens with zero attached hydrogens (tertiary/aromatic N) is 2. The molecule has 1 aromatic heterocycles. The molecule has 1 saturated heterocycles. The fourth-order valence-corrected chi connectivity index (χ4v) is 5.74. The smallest absolute Gasteiger partial charge is 0.265 e. The maximum atomic E-state index is 15.1. The van der Waals surface area contributed by atoms with Crippen molar-refractivity contribution in [2.24, 2.45) is 0 Å². The van der Waals surface area contributed by atoms with E-state index in [2.05, 4.69) is 14.6 Å². The lowest BCUT2D eigenvalue weighted by molar-refractivity contribution is -0.130. The van der Waals surface area contributed by atoms with E-state index in [1.807, 2.05) is 4.90 Å². The summed E-state index contributed by atoms with van der Waals surface area (Å²) in [6.45, 7) is 5.44. The number of amides is 1. The van der Waals surface area contributed by atoms with E-state index in [1.54, 1.807) is 6.92 Å². The molecule has 2 N–H and O–H groups in total. The Morgan fingerprint density at radius 1 is 1.14 bits per heavy atom. The molecule has 1 amide bonds. The van der Waals surface area contributed by atoms with Crippen LogP contribution in [0.5, 0.6) is 5.75 Å². The number of H-pyrrole nitrogens is 1. The molecule has 2 aromatic carbocycles. The number of benzene rings is 2. The molecule has 0 bridgehead atoms. The van der Waals surface area contributed by atoms with E-state index in [9.17, 15) is 13.2 Å². The van der Waals surface area contributed by atoms with Gasteiger partial charge in [-0.2, -0.15) is 0 Å². The maximum absolute atomic E-state index is 15.1. The van der Waals surface area contributed by atoms with Crippen molar-refractivity contribution in [3.63, 3.8) is 0 Å². The number of halogens is 3. The van der Waals surface area contributed by atoms with Gasteiger partial charge >= 0.3 is 0 Å². The van der Waals surface area contributed by atoms with E-state index in [0.717, 1.165) is 19.6 Å². The van der Waals surface area contributed by atoms with Gasteiger partial charge in [-0.3, -0.25) is 14.4 Å². The Morgan fingerprint density at radius 2 is 1.89 bits per heavy atom. The third-order valence-corrected chi connectivity index (χ3v) is 7.89. The third-order valence-electron chi connectivity index (χ3n) is 5.89. The van der Waals surface area contributed by atoms with Gasteiger partial charge in [0.05, 0.1) is 27.9 Å². The fraction of sp³-hybridized carbons (Fsp3) is 0.348. The van der Waals surface area contributed by atoms with Crippen molar-refractivity contribution < 1.29 is 22.3 Å². The highest BCUT2D eigenvalue weighted by Crippen LogP contribution is 2.36. The molecule has 12 heteroatoms. The van der Waals surface area contributed by atoms with Crippen molar-refractivity contribution >= 4 is 55.7 Å². The van der Waals surface area contributed by atoms with Crippen molar-refractivity contribution in [3.05, 3.63) is 52.4 Å². The normalized spacial score (nSPS) is 14.9. The molecule has 1 fully saturated rings. The van der Waals surface area contributed by atoms with Crippen LogP contribution in [0.25, 0.3) is 10.9 Å². The second kappa shape index (κ2) is 10.6. The summed E-state index contributed by atoms with van der Waals surface area (Å²) in [5.41, 5.74) is 0.579. The van der Waals surface area contributed by atoms with Crippen molar-refractivity contribution in [1.29, 1.82) is 0 Å². The summed E-state index contributed by atoms with van der Waals surface area (Å²) in [6, 6.07) is 6.98. The number of hydrogen-bond donors (Lipinski definition) is 2. The highest BCUT2D eigenvalue weighted by Gasteiger charge is 2.24. The minimum absolute atomic E-state index is 0.0740. The SMILES string of the molecule is CC(=O)N1CCN(CCCOc2cccc(S(=O)(=O)Nc3ccc(Cl)c4c(Cl)c[nH]c34)c2F)CC1.